The first kappa shape index (κ1) is 19.2. The van der Waals surface area contributed by atoms with E-state index in [-0.39, 0.29) is 5.91 Å². The molecule has 0 unspecified atom stereocenters. The van der Waals surface area contributed by atoms with Crippen LogP contribution in [0.25, 0.3) is 0 Å². The number of amides is 1. The Kier molecular flexibility index (Phi) is 6.11. The van der Waals surface area contributed by atoms with Crippen molar-refractivity contribution in [3.63, 3.8) is 0 Å². The van der Waals surface area contributed by atoms with Crippen molar-refractivity contribution in [2.45, 2.75) is 13.5 Å². The Morgan fingerprint density at radius 2 is 1.79 bits per heavy atom. The minimum absolute atomic E-state index is 0.217. The molecule has 0 saturated carbocycles. The maximum absolute atomic E-state index is 12.3. The number of nitrogens with one attached hydrogen (secondary N) is 2. The molecule has 3 rings (SSSR count). The van der Waals surface area contributed by atoms with Gasteiger partial charge in [0.25, 0.3) is 5.91 Å². The number of hydrogen-bond donors (Lipinski definition) is 2. The predicted molar refractivity (Wildman–Crippen MR) is 109 cm³/mol. The van der Waals surface area contributed by atoms with E-state index in [2.05, 4.69) is 15.6 Å². The Morgan fingerprint density at radius 3 is 2.43 bits per heavy atom. The Morgan fingerprint density at radius 1 is 1.00 bits per heavy atom. The number of benzene rings is 2. The van der Waals surface area contributed by atoms with Crippen molar-refractivity contribution in [3.05, 3.63) is 77.6 Å². The molecular formula is C22H23N3O3. The summed E-state index contributed by atoms with van der Waals surface area (Å²) in [5.74, 6) is 1.18. The molecule has 0 fully saturated rings. The molecule has 1 aromatic heterocycles. The van der Waals surface area contributed by atoms with Crippen molar-refractivity contribution < 1.29 is 14.3 Å². The number of nitrogens with zero attached hydrogens (tertiary/aromatic N) is 1. The summed E-state index contributed by atoms with van der Waals surface area (Å²) >= 11 is 0. The molecule has 6 nitrogen and oxygen atoms in total. The third-order valence-electron chi connectivity index (χ3n) is 4.26. The second kappa shape index (κ2) is 8.90. The van der Waals surface area contributed by atoms with Gasteiger partial charge in [-0.2, -0.15) is 0 Å². The maximum atomic E-state index is 12.3. The molecule has 0 aliphatic rings. The van der Waals surface area contributed by atoms with Crippen molar-refractivity contribution in [3.8, 4) is 11.5 Å². The molecule has 1 heterocycles. The van der Waals surface area contributed by atoms with Gasteiger partial charge in [-0.1, -0.05) is 29.8 Å². The molecule has 0 radical (unpaired) electrons. The van der Waals surface area contributed by atoms with E-state index < -0.39 is 0 Å². The van der Waals surface area contributed by atoms with E-state index in [0.717, 1.165) is 16.9 Å². The Bertz CT molecular complexity index is 938. The number of hydrogen-bond acceptors (Lipinski definition) is 5. The van der Waals surface area contributed by atoms with Gasteiger partial charge in [0.1, 0.15) is 17.2 Å². The molecular weight excluding hydrogens is 354 g/mol. The van der Waals surface area contributed by atoms with Gasteiger partial charge in [-0.05, 0) is 36.8 Å². The normalized spacial score (nSPS) is 10.2. The van der Waals surface area contributed by atoms with Gasteiger partial charge >= 0.3 is 0 Å². The Labute approximate surface area is 164 Å². The van der Waals surface area contributed by atoms with Gasteiger partial charge in [-0.25, -0.2) is 4.98 Å². The zero-order chi connectivity index (χ0) is 19.9. The zero-order valence-corrected chi connectivity index (χ0v) is 16.2. The lowest BCUT2D eigenvalue weighted by Gasteiger charge is -2.12. The van der Waals surface area contributed by atoms with E-state index in [1.165, 1.54) is 5.56 Å². The van der Waals surface area contributed by atoms with Crippen LogP contribution in [-0.4, -0.2) is 25.1 Å². The highest BCUT2D eigenvalue weighted by Crippen LogP contribution is 2.31. The number of rotatable bonds is 7. The first-order chi connectivity index (χ1) is 13.6. The smallest absolute Gasteiger partial charge is 0.270 e. The summed E-state index contributed by atoms with van der Waals surface area (Å²) < 4.78 is 10.6. The van der Waals surface area contributed by atoms with Crippen molar-refractivity contribution in [1.29, 1.82) is 0 Å². The fourth-order valence-electron chi connectivity index (χ4n) is 2.65. The monoisotopic (exact) mass is 377 g/mol. The lowest BCUT2D eigenvalue weighted by atomic mass is 10.1. The fraction of sp³-hybridized carbons (Fsp3) is 0.182. The van der Waals surface area contributed by atoms with Crippen molar-refractivity contribution in [1.82, 2.24) is 10.3 Å². The van der Waals surface area contributed by atoms with E-state index >= 15 is 0 Å². The average Bonchev–Trinajstić information content (AvgIpc) is 2.73. The van der Waals surface area contributed by atoms with E-state index in [1.54, 1.807) is 32.5 Å². The standard InChI is InChI=1S/C22H23N3O3/c1-15-4-6-16(7-5-15)13-24-22(26)19-10-8-17(14-23-19)25-20-12-18(27-2)9-11-21(20)28-3/h4-12,14,25H,13H2,1-3H3,(H,24,26). The predicted octanol–water partition coefficient (Wildman–Crippen LogP) is 4.08. The van der Waals surface area contributed by atoms with E-state index in [9.17, 15) is 4.79 Å². The highest BCUT2D eigenvalue weighted by molar-refractivity contribution is 5.92. The maximum Gasteiger partial charge on any atom is 0.270 e. The van der Waals surface area contributed by atoms with Gasteiger partial charge < -0.3 is 20.1 Å². The minimum Gasteiger partial charge on any atom is -0.497 e. The van der Waals surface area contributed by atoms with Gasteiger partial charge in [0.15, 0.2) is 0 Å². The summed E-state index contributed by atoms with van der Waals surface area (Å²) in [4.78, 5) is 16.6. The van der Waals surface area contributed by atoms with Crippen LogP contribution in [-0.2, 0) is 6.54 Å². The average molecular weight is 377 g/mol. The number of methoxy groups -OCH3 is 2. The number of aromatic nitrogens is 1. The summed E-state index contributed by atoms with van der Waals surface area (Å²) in [6.07, 6.45) is 1.61. The first-order valence-corrected chi connectivity index (χ1v) is 8.88. The Balaban J connectivity index is 1.64. The molecule has 1 amide bonds. The van der Waals surface area contributed by atoms with E-state index in [1.807, 2.05) is 49.4 Å². The van der Waals surface area contributed by atoms with E-state index in [4.69, 9.17) is 9.47 Å². The number of anilines is 2. The third-order valence-corrected chi connectivity index (χ3v) is 4.26. The van der Waals surface area contributed by atoms with Crippen LogP contribution < -0.4 is 20.1 Å². The van der Waals surface area contributed by atoms with Crippen LogP contribution in [0, 0.1) is 6.92 Å². The summed E-state index contributed by atoms with van der Waals surface area (Å²) in [5.41, 5.74) is 4.08. The first-order valence-electron chi connectivity index (χ1n) is 8.88. The van der Waals surface area contributed by atoms with Crippen LogP contribution in [0.5, 0.6) is 11.5 Å². The van der Waals surface area contributed by atoms with Crippen molar-refractivity contribution >= 4 is 17.3 Å². The molecule has 0 aliphatic heterocycles. The largest absolute Gasteiger partial charge is 0.497 e. The molecule has 3 aromatic rings. The second-order valence-electron chi connectivity index (χ2n) is 6.29. The molecule has 6 heteroatoms. The van der Waals surface area contributed by atoms with Crippen LogP contribution in [0.3, 0.4) is 0 Å². The molecule has 2 aromatic carbocycles. The summed E-state index contributed by atoms with van der Waals surface area (Å²) in [6, 6.07) is 17.0. The molecule has 0 aliphatic carbocycles. The number of ether oxygens (including phenoxy) is 2. The molecule has 0 spiro atoms. The SMILES string of the molecule is COc1ccc(OC)c(Nc2ccc(C(=O)NCc3ccc(C)cc3)nc2)c1. The number of aryl methyl sites for hydroxylation is 1. The van der Waals surface area contributed by atoms with Crippen LogP contribution in [0.15, 0.2) is 60.8 Å². The van der Waals surface area contributed by atoms with Crippen LogP contribution >= 0.6 is 0 Å². The van der Waals surface area contributed by atoms with E-state index in [0.29, 0.717) is 23.7 Å². The molecule has 28 heavy (non-hydrogen) atoms. The summed E-state index contributed by atoms with van der Waals surface area (Å²) in [5, 5.41) is 6.11. The minimum atomic E-state index is -0.217. The van der Waals surface area contributed by atoms with Crippen LogP contribution in [0.4, 0.5) is 11.4 Å². The summed E-state index contributed by atoms with van der Waals surface area (Å²) in [7, 11) is 3.21. The summed E-state index contributed by atoms with van der Waals surface area (Å²) in [6.45, 7) is 2.49. The Hall–Kier alpha value is -3.54. The molecule has 144 valence electrons. The van der Waals surface area contributed by atoms with Crippen molar-refractivity contribution in [2.75, 3.05) is 19.5 Å². The van der Waals surface area contributed by atoms with Crippen LogP contribution in [0.1, 0.15) is 21.6 Å². The highest BCUT2D eigenvalue weighted by atomic mass is 16.5. The zero-order valence-electron chi connectivity index (χ0n) is 16.2. The number of pyridine rings is 1. The lowest BCUT2D eigenvalue weighted by Crippen LogP contribution is -2.23. The van der Waals surface area contributed by atoms with Crippen molar-refractivity contribution in [2.24, 2.45) is 0 Å². The van der Waals surface area contributed by atoms with Gasteiger partial charge in [-0.3, -0.25) is 4.79 Å². The molecule has 2 N–H and O–H groups in total. The molecule has 0 saturated heterocycles. The van der Waals surface area contributed by atoms with Gasteiger partial charge in [0.05, 0.1) is 31.8 Å². The lowest BCUT2D eigenvalue weighted by molar-refractivity contribution is 0.0946. The number of carbonyl (C=O) groups excluding carboxylic acids is 1. The van der Waals surface area contributed by atoms with Gasteiger partial charge in [0.2, 0.25) is 0 Å². The van der Waals surface area contributed by atoms with Gasteiger partial charge in [0, 0.05) is 12.6 Å². The van der Waals surface area contributed by atoms with Gasteiger partial charge in [-0.15, -0.1) is 0 Å². The highest BCUT2D eigenvalue weighted by Gasteiger charge is 2.09. The fourth-order valence-corrected chi connectivity index (χ4v) is 2.65. The molecule has 0 atom stereocenters. The second-order valence-corrected chi connectivity index (χ2v) is 6.29. The topological polar surface area (TPSA) is 72.5 Å². The molecule has 0 bridgehead atoms. The number of carbonyl (C=O) groups is 1. The third kappa shape index (κ3) is 4.79. The quantitative estimate of drug-likeness (QED) is 0.649. The van der Waals surface area contributed by atoms with Crippen LogP contribution in [0.2, 0.25) is 0 Å².